The number of likely N-dealkylation sites (N-methyl/N-ethyl adjacent to an activating group) is 1. The standard InChI is InChI=1S/C15H22N3S.HI/c1-18(2,3)11-10-17(13-14-7-6-12-19-14)15-8-4-5-9-16-15;/h4-9,12H,10-11,13H2,1-3H3;1H/q+1;/p-1. The summed E-state index contributed by atoms with van der Waals surface area (Å²) >= 11 is 1.80. The van der Waals surface area contributed by atoms with Gasteiger partial charge in [-0.2, -0.15) is 0 Å². The molecule has 3 nitrogen and oxygen atoms in total. The van der Waals surface area contributed by atoms with Gasteiger partial charge in [0, 0.05) is 11.1 Å². The minimum atomic E-state index is 0. The molecule has 0 amide bonds. The third kappa shape index (κ3) is 5.76. The molecule has 0 aliphatic carbocycles. The smallest absolute Gasteiger partial charge is 0.128 e. The van der Waals surface area contributed by atoms with Crippen LogP contribution in [0.3, 0.4) is 0 Å². The van der Waals surface area contributed by atoms with E-state index < -0.39 is 0 Å². The van der Waals surface area contributed by atoms with Crippen molar-refractivity contribution in [1.82, 2.24) is 4.98 Å². The molecule has 0 aliphatic rings. The number of thiophene rings is 1. The van der Waals surface area contributed by atoms with Crippen LogP contribution in [0.5, 0.6) is 0 Å². The van der Waals surface area contributed by atoms with Gasteiger partial charge in [0.05, 0.1) is 40.8 Å². The van der Waals surface area contributed by atoms with E-state index in [0.29, 0.717) is 0 Å². The van der Waals surface area contributed by atoms with Gasteiger partial charge in [0.2, 0.25) is 0 Å². The van der Waals surface area contributed by atoms with Crippen LogP contribution in [0.25, 0.3) is 0 Å². The summed E-state index contributed by atoms with van der Waals surface area (Å²) in [5.74, 6) is 1.06. The van der Waals surface area contributed by atoms with Crippen LogP contribution in [0.4, 0.5) is 5.82 Å². The molecule has 2 aromatic rings. The topological polar surface area (TPSA) is 16.1 Å². The van der Waals surface area contributed by atoms with Gasteiger partial charge in [-0.15, -0.1) is 11.3 Å². The summed E-state index contributed by atoms with van der Waals surface area (Å²) in [5.41, 5.74) is 0. The Kier molecular flexibility index (Phi) is 6.91. The Morgan fingerprint density at radius 1 is 1.15 bits per heavy atom. The van der Waals surface area contributed by atoms with Gasteiger partial charge in [-0.05, 0) is 23.6 Å². The minimum absolute atomic E-state index is 0. The summed E-state index contributed by atoms with van der Waals surface area (Å²) < 4.78 is 0.966. The summed E-state index contributed by atoms with van der Waals surface area (Å²) in [4.78, 5) is 8.22. The van der Waals surface area contributed by atoms with E-state index in [1.54, 1.807) is 11.3 Å². The Morgan fingerprint density at radius 2 is 1.95 bits per heavy atom. The van der Waals surface area contributed by atoms with E-state index in [1.807, 2.05) is 12.3 Å². The third-order valence-electron chi connectivity index (χ3n) is 2.94. The van der Waals surface area contributed by atoms with E-state index in [4.69, 9.17) is 0 Å². The maximum atomic E-state index is 4.48. The maximum Gasteiger partial charge on any atom is 0.128 e. The molecule has 0 saturated heterocycles. The molecule has 110 valence electrons. The average Bonchev–Trinajstić information content (AvgIpc) is 2.87. The number of aromatic nitrogens is 1. The van der Waals surface area contributed by atoms with E-state index >= 15 is 0 Å². The molecule has 0 atom stereocenters. The molecule has 0 aromatic carbocycles. The van der Waals surface area contributed by atoms with Crippen molar-refractivity contribution >= 4 is 17.2 Å². The Balaban J connectivity index is 0.00000200. The van der Waals surface area contributed by atoms with Crippen LogP contribution in [-0.2, 0) is 6.54 Å². The van der Waals surface area contributed by atoms with Gasteiger partial charge in [-0.25, -0.2) is 4.98 Å². The fraction of sp³-hybridized carbons (Fsp3) is 0.400. The van der Waals surface area contributed by atoms with Crippen LogP contribution in [-0.4, -0.2) is 43.7 Å². The van der Waals surface area contributed by atoms with Gasteiger partial charge in [-0.3, -0.25) is 0 Å². The zero-order chi connectivity index (χ0) is 13.7. The number of nitrogens with zero attached hydrogens (tertiary/aromatic N) is 3. The van der Waals surface area contributed by atoms with Gasteiger partial charge in [0.1, 0.15) is 5.82 Å². The number of hydrogen-bond acceptors (Lipinski definition) is 3. The number of halogens is 1. The predicted octanol–water partition coefficient (Wildman–Crippen LogP) is -0.140. The molecule has 0 bridgehead atoms. The molecule has 0 spiro atoms. The van der Waals surface area contributed by atoms with Gasteiger partial charge in [0.25, 0.3) is 0 Å². The van der Waals surface area contributed by atoms with Crippen molar-refractivity contribution in [3.05, 3.63) is 46.8 Å². The number of quaternary nitrogens is 1. The molecule has 2 heterocycles. The highest BCUT2D eigenvalue weighted by Crippen LogP contribution is 2.17. The van der Waals surface area contributed by atoms with Crippen molar-refractivity contribution in [3.8, 4) is 0 Å². The van der Waals surface area contributed by atoms with Crippen LogP contribution >= 0.6 is 11.3 Å². The molecule has 20 heavy (non-hydrogen) atoms. The number of anilines is 1. The second kappa shape index (κ2) is 7.95. The minimum Gasteiger partial charge on any atom is -1.00 e. The zero-order valence-electron chi connectivity index (χ0n) is 12.3. The molecular weight excluding hydrogens is 381 g/mol. The first-order valence-corrected chi connectivity index (χ1v) is 7.41. The summed E-state index contributed by atoms with van der Waals surface area (Å²) in [6.45, 7) is 3.05. The Morgan fingerprint density at radius 3 is 2.50 bits per heavy atom. The SMILES string of the molecule is C[N+](C)(C)CCN(Cc1cccs1)c1ccccn1.[I-]. The second-order valence-electron chi connectivity index (χ2n) is 5.70. The van der Waals surface area contributed by atoms with E-state index in [-0.39, 0.29) is 24.0 Å². The Labute approximate surface area is 142 Å². The molecule has 0 fully saturated rings. The van der Waals surface area contributed by atoms with Crippen molar-refractivity contribution in [2.75, 3.05) is 39.1 Å². The Bertz CT molecular complexity index is 480. The maximum absolute atomic E-state index is 4.48. The van der Waals surface area contributed by atoms with Crippen LogP contribution in [0.1, 0.15) is 4.88 Å². The molecule has 2 rings (SSSR count). The molecule has 2 aromatic heterocycles. The average molecular weight is 403 g/mol. The zero-order valence-corrected chi connectivity index (χ0v) is 15.3. The summed E-state index contributed by atoms with van der Waals surface area (Å²) in [6, 6.07) is 10.4. The first-order valence-electron chi connectivity index (χ1n) is 6.53. The highest BCUT2D eigenvalue weighted by Gasteiger charge is 2.14. The molecule has 0 radical (unpaired) electrons. The highest BCUT2D eigenvalue weighted by atomic mass is 127. The van der Waals surface area contributed by atoms with Gasteiger partial charge < -0.3 is 33.4 Å². The largest absolute Gasteiger partial charge is 1.00 e. The lowest BCUT2D eigenvalue weighted by Gasteiger charge is -2.29. The second-order valence-corrected chi connectivity index (χ2v) is 6.74. The first kappa shape index (κ1) is 17.4. The molecule has 0 N–H and O–H groups in total. The summed E-state index contributed by atoms with van der Waals surface area (Å²) in [7, 11) is 6.67. The van der Waals surface area contributed by atoms with E-state index in [9.17, 15) is 0 Å². The van der Waals surface area contributed by atoms with Crippen LogP contribution < -0.4 is 28.9 Å². The molecule has 0 unspecified atom stereocenters. The lowest BCUT2D eigenvalue weighted by Crippen LogP contribution is -3.00. The Hall–Kier alpha value is -0.660. The summed E-state index contributed by atoms with van der Waals surface area (Å²) in [5, 5.41) is 2.13. The number of hydrogen-bond donors (Lipinski definition) is 0. The van der Waals surface area contributed by atoms with Crippen molar-refractivity contribution in [2.24, 2.45) is 0 Å². The normalized spacial score (nSPS) is 10.9. The molecule has 0 aliphatic heterocycles. The van der Waals surface area contributed by atoms with E-state index in [0.717, 1.165) is 29.9 Å². The molecular formula is C15H22IN3S. The van der Waals surface area contributed by atoms with Gasteiger partial charge in [-0.1, -0.05) is 12.1 Å². The number of rotatable bonds is 6. The van der Waals surface area contributed by atoms with E-state index in [2.05, 4.69) is 60.7 Å². The van der Waals surface area contributed by atoms with Crippen molar-refractivity contribution in [1.29, 1.82) is 0 Å². The highest BCUT2D eigenvalue weighted by molar-refractivity contribution is 7.09. The van der Waals surface area contributed by atoms with Crippen molar-refractivity contribution < 1.29 is 28.5 Å². The fourth-order valence-corrected chi connectivity index (χ4v) is 2.55. The third-order valence-corrected chi connectivity index (χ3v) is 3.80. The van der Waals surface area contributed by atoms with Crippen LogP contribution in [0, 0.1) is 0 Å². The van der Waals surface area contributed by atoms with Crippen molar-refractivity contribution in [2.45, 2.75) is 6.54 Å². The predicted molar refractivity (Wildman–Crippen MR) is 82.5 cm³/mol. The monoisotopic (exact) mass is 403 g/mol. The van der Waals surface area contributed by atoms with Gasteiger partial charge in [0.15, 0.2) is 0 Å². The lowest BCUT2D eigenvalue weighted by atomic mass is 10.3. The van der Waals surface area contributed by atoms with Crippen LogP contribution in [0.15, 0.2) is 41.9 Å². The van der Waals surface area contributed by atoms with Gasteiger partial charge >= 0.3 is 0 Å². The lowest BCUT2D eigenvalue weighted by molar-refractivity contribution is -0.868. The molecule has 5 heteroatoms. The van der Waals surface area contributed by atoms with Crippen molar-refractivity contribution in [3.63, 3.8) is 0 Å². The van der Waals surface area contributed by atoms with E-state index in [1.165, 1.54) is 4.88 Å². The summed E-state index contributed by atoms with van der Waals surface area (Å²) in [6.07, 6.45) is 1.86. The number of pyridine rings is 1. The first-order chi connectivity index (χ1) is 9.04. The van der Waals surface area contributed by atoms with Crippen LogP contribution in [0.2, 0.25) is 0 Å². The fourth-order valence-electron chi connectivity index (χ4n) is 1.83. The quantitative estimate of drug-likeness (QED) is 0.493. The molecule has 0 saturated carbocycles.